The molecule has 1 saturated heterocycles. The van der Waals surface area contributed by atoms with Crippen LogP contribution >= 0.6 is 11.6 Å². The van der Waals surface area contributed by atoms with Crippen LogP contribution in [0.15, 0.2) is 58.4 Å². The van der Waals surface area contributed by atoms with Crippen LogP contribution in [0.5, 0.6) is 0 Å². The molecule has 0 bridgehead atoms. The van der Waals surface area contributed by atoms with Crippen LogP contribution in [0.1, 0.15) is 63.2 Å². The van der Waals surface area contributed by atoms with Crippen LogP contribution in [-0.2, 0) is 11.2 Å². The van der Waals surface area contributed by atoms with Gasteiger partial charge in [0, 0.05) is 30.3 Å². The summed E-state index contributed by atoms with van der Waals surface area (Å²) < 4.78 is 22.6. The number of hydrogen-bond acceptors (Lipinski definition) is 4. The smallest absolute Gasteiger partial charge is 0.354 e. The Hall–Kier alpha value is -3.69. The van der Waals surface area contributed by atoms with Gasteiger partial charge >= 0.3 is 5.69 Å². The minimum atomic E-state index is -0.495. The van der Waals surface area contributed by atoms with Gasteiger partial charge in [0.25, 0.3) is 0 Å². The first-order chi connectivity index (χ1) is 20.2. The predicted octanol–water partition coefficient (Wildman–Crippen LogP) is 6.28. The molecule has 8 nitrogen and oxygen atoms in total. The zero-order chi connectivity index (χ0) is 29.8. The number of H-pyrrole nitrogens is 1. The average Bonchev–Trinajstić information content (AvgIpc) is 3.37. The van der Waals surface area contributed by atoms with Crippen molar-refractivity contribution < 1.29 is 9.13 Å². The monoisotopic (exact) mass is 592 g/mol. The van der Waals surface area contributed by atoms with E-state index in [1.54, 1.807) is 18.3 Å². The van der Waals surface area contributed by atoms with Crippen molar-refractivity contribution in [3.8, 4) is 16.9 Å². The van der Waals surface area contributed by atoms with Crippen LogP contribution in [0, 0.1) is 17.7 Å². The maximum Gasteiger partial charge on any atom is 0.354 e. The Balaban J connectivity index is 1.35. The number of hydrogen-bond donors (Lipinski definition) is 3. The van der Waals surface area contributed by atoms with Crippen molar-refractivity contribution >= 4 is 28.6 Å². The molecule has 5 rings (SSSR count). The molecule has 0 radical (unpaired) electrons. The summed E-state index contributed by atoms with van der Waals surface area (Å²) in [7, 11) is 0. The third kappa shape index (κ3) is 7.02. The summed E-state index contributed by atoms with van der Waals surface area (Å²) in [6.07, 6.45) is 7.38. The lowest BCUT2D eigenvalue weighted by molar-refractivity contribution is -0.0115. The molecular formula is C32H38ClFN6O2. The molecule has 1 aliphatic rings. The van der Waals surface area contributed by atoms with E-state index in [2.05, 4.69) is 28.8 Å². The minimum absolute atomic E-state index is 0.0237. The number of nitrogens with one attached hydrogen (secondary N) is 1. The van der Waals surface area contributed by atoms with E-state index in [9.17, 15) is 4.79 Å². The highest BCUT2D eigenvalue weighted by Crippen LogP contribution is 2.34. The van der Waals surface area contributed by atoms with Gasteiger partial charge in [0.2, 0.25) is 0 Å². The van der Waals surface area contributed by atoms with Crippen LogP contribution in [0.3, 0.4) is 0 Å². The van der Waals surface area contributed by atoms with Gasteiger partial charge in [0.1, 0.15) is 5.65 Å². The lowest BCUT2D eigenvalue weighted by Crippen LogP contribution is -2.24. The molecule has 222 valence electrons. The van der Waals surface area contributed by atoms with E-state index in [1.165, 1.54) is 4.57 Å². The van der Waals surface area contributed by atoms with Crippen molar-refractivity contribution in [2.75, 3.05) is 13.2 Å². The number of aliphatic imine (C=N–C) groups is 1. The first-order valence-corrected chi connectivity index (χ1v) is 14.9. The normalized spacial score (nSPS) is 17.2. The maximum absolute atomic E-state index is 15.1. The Morgan fingerprint density at radius 1 is 1.24 bits per heavy atom. The Kier molecular flexibility index (Phi) is 9.28. The Bertz CT molecular complexity index is 1620. The number of nitrogens with zero attached hydrogens (tertiary/aromatic N) is 3. The summed E-state index contributed by atoms with van der Waals surface area (Å²) in [6, 6.07) is 13.1. The minimum Gasteiger partial charge on any atom is -0.374 e. The Morgan fingerprint density at radius 2 is 2.02 bits per heavy atom. The first-order valence-electron chi connectivity index (χ1n) is 14.6. The third-order valence-electron chi connectivity index (χ3n) is 7.90. The van der Waals surface area contributed by atoms with Crippen molar-refractivity contribution in [2.45, 2.75) is 58.5 Å². The van der Waals surface area contributed by atoms with E-state index < -0.39 is 11.5 Å². The summed E-state index contributed by atoms with van der Waals surface area (Å²) in [4.78, 5) is 24.5. The fraction of sp³-hybridized carbons (Fsp3) is 0.406. The van der Waals surface area contributed by atoms with Crippen LogP contribution in [0.25, 0.3) is 28.0 Å². The van der Waals surface area contributed by atoms with Crippen molar-refractivity contribution in [1.82, 2.24) is 14.5 Å². The number of rotatable bonds is 10. The van der Waals surface area contributed by atoms with Crippen LogP contribution in [-0.4, -0.2) is 33.6 Å². The summed E-state index contributed by atoms with van der Waals surface area (Å²) in [5, 5.41) is 0.772. The molecule has 42 heavy (non-hydrogen) atoms. The number of halogens is 2. The van der Waals surface area contributed by atoms with Crippen molar-refractivity contribution in [3.05, 3.63) is 81.1 Å². The number of benzene rings is 2. The fourth-order valence-electron chi connectivity index (χ4n) is 5.61. The van der Waals surface area contributed by atoms with Crippen molar-refractivity contribution in [1.29, 1.82) is 0 Å². The highest BCUT2D eigenvalue weighted by Gasteiger charge is 2.24. The molecule has 0 saturated carbocycles. The van der Waals surface area contributed by atoms with Crippen LogP contribution in [0.2, 0.25) is 5.02 Å². The zero-order valence-corrected chi connectivity index (χ0v) is 24.8. The number of aryl methyl sites for hydroxylation is 1. The van der Waals surface area contributed by atoms with Gasteiger partial charge < -0.3 is 21.2 Å². The second kappa shape index (κ2) is 13.1. The molecule has 5 N–H and O–H groups in total. The molecular weight excluding hydrogens is 555 g/mol. The molecule has 10 heteroatoms. The highest BCUT2D eigenvalue weighted by atomic mass is 35.5. The molecule has 1 aliphatic heterocycles. The summed E-state index contributed by atoms with van der Waals surface area (Å²) in [6.45, 7) is 5.67. The molecule has 2 atom stereocenters. The van der Waals surface area contributed by atoms with Gasteiger partial charge in [-0.3, -0.25) is 9.56 Å². The van der Waals surface area contributed by atoms with Crippen molar-refractivity contribution in [2.24, 2.45) is 28.3 Å². The van der Waals surface area contributed by atoms with Gasteiger partial charge in [0.05, 0.1) is 22.5 Å². The van der Waals surface area contributed by atoms with Crippen molar-refractivity contribution in [3.63, 3.8) is 0 Å². The lowest BCUT2D eigenvalue weighted by atomic mass is 9.89. The second-order valence-electron chi connectivity index (χ2n) is 11.5. The molecule has 0 aliphatic carbocycles. The number of aromatic amines is 1. The van der Waals surface area contributed by atoms with E-state index in [0.29, 0.717) is 53.0 Å². The van der Waals surface area contributed by atoms with E-state index >= 15 is 4.39 Å². The Labute approximate surface area is 250 Å². The standard InChI is InChI=1S/C32H38ClFN6O2/c1-19(2)4-3-5-21-14-25(29(34)26(33)15-21)27-17-23-18-40(32(41)39-30(23)38-27)24-8-6-22(7-9-24)28-16-20(11-13-42-28)10-12-37-31(35)36/h6-9,14-15,17-20,28H,3-5,10-13,16H2,1-2H3,(H4,35,36,37)(H,38,39,41)/t20-,28-/m1/s1. The lowest BCUT2D eigenvalue weighted by Gasteiger charge is -2.29. The number of fused-ring (bicyclic) bond motifs is 1. The summed E-state index contributed by atoms with van der Waals surface area (Å²) in [5.41, 5.74) is 14.5. The van der Waals surface area contributed by atoms with Gasteiger partial charge in [-0.1, -0.05) is 44.0 Å². The topological polar surface area (TPSA) is 124 Å². The highest BCUT2D eigenvalue weighted by molar-refractivity contribution is 6.31. The van der Waals surface area contributed by atoms with E-state index in [4.69, 9.17) is 27.8 Å². The molecule has 0 unspecified atom stereocenters. The first kappa shape index (κ1) is 29.8. The quantitative estimate of drug-likeness (QED) is 0.148. The Morgan fingerprint density at radius 3 is 2.76 bits per heavy atom. The van der Waals surface area contributed by atoms with Gasteiger partial charge in [-0.25, -0.2) is 9.18 Å². The van der Waals surface area contributed by atoms with Gasteiger partial charge in [-0.15, -0.1) is 0 Å². The maximum atomic E-state index is 15.1. The SMILES string of the molecule is CC(C)CCCc1cc(Cl)c(F)c(-c2cc3cn(-c4ccc([C@H]5C[C@H](CCN=C(N)N)CCO5)cc4)c(=O)nc3[nH]2)c1. The zero-order valence-electron chi connectivity index (χ0n) is 24.1. The molecule has 4 aromatic rings. The largest absolute Gasteiger partial charge is 0.374 e. The molecule has 2 aromatic carbocycles. The summed E-state index contributed by atoms with van der Waals surface area (Å²) in [5.74, 6) is 0.700. The number of nitrogens with two attached hydrogens (primary N) is 2. The molecule has 2 aromatic heterocycles. The van der Waals surface area contributed by atoms with E-state index in [-0.39, 0.29) is 17.1 Å². The van der Waals surface area contributed by atoms with Gasteiger partial charge in [-0.2, -0.15) is 4.98 Å². The molecule has 0 amide bonds. The van der Waals surface area contributed by atoms with E-state index in [1.807, 2.05) is 30.3 Å². The van der Waals surface area contributed by atoms with Gasteiger partial charge in [0.15, 0.2) is 11.8 Å². The third-order valence-corrected chi connectivity index (χ3v) is 8.18. The van der Waals surface area contributed by atoms with Crippen LogP contribution in [0.4, 0.5) is 4.39 Å². The molecule has 3 heterocycles. The summed E-state index contributed by atoms with van der Waals surface area (Å²) >= 11 is 6.27. The fourth-order valence-corrected chi connectivity index (χ4v) is 5.85. The van der Waals surface area contributed by atoms with Crippen LogP contribution < -0.4 is 17.2 Å². The molecule has 0 spiro atoms. The second-order valence-corrected chi connectivity index (χ2v) is 11.9. The van der Waals surface area contributed by atoms with E-state index in [0.717, 1.165) is 49.7 Å². The average molecular weight is 593 g/mol. The molecule has 1 fully saturated rings. The predicted molar refractivity (Wildman–Crippen MR) is 167 cm³/mol. The number of guanidine groups is 1. The van der Waals surface area contributed by atoms with Gasteiger partial charge in [-0.05, 0) is 85.4 Å². The number of ether oxygens (including phenoxy) is 1. The number of aromatic nitrogens is 3.